The van der Waals surface area contributed by atoms with Crippen molar-refractivity contribution in [3.05, 3.63) is 176 Å². The Morgan fingerprint density at radius 3 is 1.93 bits per heavy atom. The van der Waals surface area contributed by atoms with Gasteiger partial charge in [-0.05, 0) is 86.9 Å². The molecule has 46 heavy (non-hydrogen) atoms. The molecule has 1 heterocycles. The average Bonchev–Trinajstić information content (AvgIpc) is 3.52. The van der Waals surface area contributed by atoms with Crippen LogP contribution in [0.3, 0.4) is 0 Å². The normalized spacial score (nSPS) is 11.5. The monoisotopic (exact) mass is 587 g/mol. The molecule has 216 valence electrons. The van der Waals surface area contributed by atoms with Gasteiger partial charge in [-0.25, -0.2) is 0 Å². The van der Waals surface area contributed by atoms with E-state index >= 15 is 0 Å². The van der Waals surface area contributed by atoms with E-state index < -0.39 is 0 Å². The molecular formula is C44H29NO. The molecule has 0 N–H and O–H groups in total. The van der Waals surface area contributed by atoms with Gasteiger partial charge in [0.15, 0.2) is 0 Å². The summed E-state index contributed by atoms with van der Waals surface area (Å²) in [6.07, 6.45) is 0. The van der Waals surface area contributed by atoms with Crippen LogP contribution >= 0.6 is 0 Å². The third-order valence-electron chi connectivity index (χ3n) is 9.06. The van der Waals surface area contributed by atoms with Crippen LogP contribution in [0.4, 0.5) is 17.1 Å². The molecule has 0 radical (unpaired) electrons. The first-order valence-corrected chi connectivity index (χ1v) is 15.7. The number of rotatable bonds is 5. The molecule has 8 aromatic carbocycles. The molecular weight excluding hydrogens is 558 g/mol. The number of furan rings is 1. The number of fused-ring (bicyclic) bond motifs is 6. The molecule has 0 unspecified atom stereocenters. The first-order valence-electron chi connectivity index (χ1n) is 15.7. The minimum Gasteiger partial charge on any atom is -0.456 e. The van der Waals surface area contributed by atoms with Gasteiger partial charge >= 0.3 is 0 Å². The molecule has 9 aromatic rings. The van der Waals surface area contributed by atoms with Gasteiger partial charge in [-0.15, -0.1) is 0 Å². The van der Waals surface area contributed by atoms with Crippen LogP contribution in [0.2, 0.25) is 0 Å². The van der Waals surface area contributed by atoms with Crippen molar-refractivity contribution in [2.24, 2.45) is 0 Å². The minimum atomic E-state index is 0.905. The molecule has 0 fully saturated rings. The first-order chi connectivity index (χ1) is 22.8. The van der Waals surface area contributed by atoms with Crippen LogP contribution in [0.1, 0.15) is 0 Å². The van der Waals surface area contributed by atoms with E-state index in [2.05, 4.69) is 169 Å². The predicted molar refractivity (Wildman–Crippen MR) is 194 cm³/mol. The second kappa shape index (κ2) is 10.8. The zero-order valence-electron chi connectivity index (χ0n) is 25.1. The van der Waals surface area contributed by atoms with E-state index in [4.69, 9.17) is 4.42 Å². The Kier molecular flexibility index (Phi) is 6.17. The molecule has 0 atom stereocenters. The van der Waals surface area contributed by atoms with Crippen LogP contribution in [0.25, 0.3) is 65.7 Å². The zero-order valence-corrected chi connectivity index (χ0v) is 25.1. The van der Waals surface area contributed by atoms with E-state index in [1.807, 2.05) is 12.1 Å². The van der Waals surface area contributed by atoms with E-state index in [0.717, 1.165) is 39.0 Å². The van der Waals surface area contributed by atoms with Gasteiger partial charge in [0, 0.05) is 27.5 Å². The average molecular weight is 588 g/mol. The molecule has 0 spiro atoms. The lowest BCUT2D eigenvalue weighted by molar-refractivity contribution is 0.669. The van der Waals surface area contributed by atoms with Crippen LogP contribution in [0, 0.1) is 0 Å². The lowest BCUT2D eigenvalue weighted by Gasteiger charge is -2.27. The summed E-state index contributed by atoms with van der Waals surface area (Å²) < 4.78 is 6.27. The molecule has 0 amide bonds. The van der Waals surface area contributed by atoms with E-state index in [1.54, 1.807) is 0 Å². The van der Waals surface area contributed by atoms with Crippen LogP contribution in [-0.2, 0) is 0 Å². The number of benzene rings is 8. The van der Waals surface area contributed by atoms with Crippen LogP contribution in [-0.4, -0.2) is 0 Å². The Morgan fingerprint density at radius 1 is 0.370 bits per heavy atom. The molecule has 0 saturated carbocycles. The molecule has 0 aliphatic heterocycles. The number of hydrogen-bond acceptors (Lipinski definition) is 2. The van der Waals surface area contributed by atoms with Gasteiger partial charge in [0.05, 0.1) is 5.69 Å². The first kappa shape index (κ1) is 26.3. The summed E-state index contributed by atoms with van der Waals surface area (Å²) in [5, 5.41) is 7.13. The maximum Gasteiger partial charge on any atom is 0.136 e. The van der Waals surface area contributed by atoms with E-state index in [0.29, 0.717) is 0 Å². The summed E-state index contributed by atoms with van der Waals surface area (Å²) in [4.78, 5) is 2.39. The van der Waals surface area contributed by atoms with Crippen molar-refractivity contribution < 1.29 is 4.42 Å². The topological polar surface area (TPSA) is 16.4 Å². The maximum atomic E-state index is 6.27. The second-order valence-corrected chi connectivity index (χ2v) is 11.7. The summed E-state index contributed by atoms with van der Waals surface area (Å²) in [5.41, 5.74) is 9.94. The fraction of sp³-hybridized carbons (Fsp3) is 0. The fourth-order valence-corrected chi connectivity index (χ4v) is 6.91. The van der Waals surface area contributed by atoms with Crippen molar-refractivity contribution in [1.82, 2.24) is 0 Å². The molecule has 0 aliphatic rings. The smallest absolute Gasteiger partial charge is 0.136 e. The molecule has 0 saturated heterocycles. The van der Waals surface area contributed by atoms with Gasteiger partial charge < -0.3 is 9.32 Å². The van der Waals surface area contributed by atoms with E-state index in [9.17, 15) is 0 Å². The second-order valence-electron chi connectivity index (χ2n) is 11.7. The Hall–Kier alpha value is -6.12. The highest BCUT2D eigenvalue weighted by molar-refractivity contribution is 6.21. The van der Waals surface area contributed by atoms with Crippen molar-refractivity contribution in [3.8, 4) is 22.3 Å². The molecule has 0 aliphatic carbocycles. The fourth-order valence-electron chi connectivity index (χ4n) is 6.91. The van der Waals surface area contributed by atoms with Gasteiger partial charge in [-0.3, -0.25) is 0 Å². The van der Waals surface area contributed by atoms with E-state index in [-0.39, 0.29) is 0 Å². The van der Waals surface area contributed by atoms with Crippen LogP contribution in [0.15, 0.2) is 180 Å². The van der Waals surface area contributed by atoms with Gasteiger partial charge in [-0.2, -0.15) is 0 Å². The molecule has 9 rings (SSSR count). The van der Waals surface area contributed by atoms with Crippen molar-refractivity contribution in [2.75, 3.05) is 4.90 Å². The van der Waals surface area contributed by atoms with Gasteiger partial charge in [0.1, 0.15) is 11.2 Å². The van der Waals surface area contributed by atoms with Crippen molar-refractivity contribution in [2.45, 2.75) is 0 Å². The zero-order chi connectivity index (χ0) is 30.5. The highest BCUT2D eigenvalue weighted by Crippen LogP contribution is 2.44. The highest BCUT2D eigenvalue weighted by atomic mass is 16.3. The van der Waals surface area contributed by atoms with Gasteiger partial charge in [-0.1, -0.05) is 127 Å². The van der Waals surface area contributed by atoms with E-state index in [1.165, 1.54) is 43.8 Å². The van der Waals surface area contributed by atoms with Gasteiger partial charge in [0.2, 0.25) is 0 Å². The van der Waals surface area contributed by atoms with Crippen LogP contribution in [0.5, 0.6) is 0 Å². The lowest BCUT2D eigenvalue weighted by atomic mass is 9.97. The largest absolute Gasteiger partial charge is 0.456 e. The molecule has 2 nitrogen and oxygen atoms in total. The summed E-state index contributed by atoms with van der Waals surface area (Å²) in [6.45, 7) is 0. The predicted octanol–water partition coefficient (Wildman–Crippen LogP) is 12.7. The standard InChI is InChI=1S/C44H29NO/c1-2-11-30(12-3-1)31-23-25-34(26-24-31)45(35-16-8-15-33(29-35)37-19-9-14-32-13-4-5-17-36(32)37)41-21-10-20-39-38(41)27-28-43-44(39)40-18-6-7-22-42(40)46-43/h1-29H. The van der Waals surface area contributed by atoms with Crippen LogP contribution < -0.4 is 4.90 Å². The summed E-state index contributed by atoms with van der Waals surface area (Å²) in [5.74, 6) is 0. The third-order valence-corrected chi connectivity index (χ3v) is 9.06. The number of hydrogen-bond donors (Lipinski definition) is 0. The summed E-state index contributed by atoms with van der Waals surface area (Å²) >= 11 is 0. The number of anilines is 3. The maximum absolute atomic E-state index is 6.27. The molecule has 0 bridgehead atoms. The molecule has 1 aromatic heterocycles. The SMILES string of the molecule is c1ccc(-c2ccc(N(c3cccc(-c4cccc5ccccc45)c3)c3cccc4c3ccc3oc5ccccc5c34)cc2)cc1. The Bertz CT molecular complexity index is 2520. The molecule has 2 heteroatoms. The van der Waals surface area contributed by atoms with Crippen molar-refractivity contribution in [1.29, 1.82) is 0 Å². The van der Waals surface area contributed by atoms with Crippen molar-refractivity contribution >= 4 is 60.5 Å². The minimum absolute atomic E-state index is 0.905. The highest BCUT2D eigenvalue weighted by Gasteiger charge is 2.19. The quantitative estimate of drug-likeness (QED) is 0.199. The van der Waals surface area contributed by atoms with Crippen molar-refractivity contribution in [3.63, 3.8) is 0 Å². The Morgan fingerprint density at radius 2 is 1.04 bits per heavy atom. The lowest BCUT2D eigenvalue weighted by Crippen LogP contribution is -2.10. The Balaban J connectivity index is 1.27. The number of nitrogens with zero attached hydrogens (tertiary/aromatic N) is 1. The number of para-hydroxylation sites is 1. The summed E-state index contributed by atoms with van der Waals surface area (Å²) in [6, 6.07) is 62.8. The summed E-state index contributed by atoms with van der Waals surface area (Å²) in [7, 11) is 0. The third kappa shape index (κ3) is 4.35. The van der Waals surface area contributed by atoms with Gasteiger partial charge in [0.25, 0.3) is 0 Å². The Labute approximate surface area is 267 Å².